The lowest BCUT2D eigenvalue weighted by Gasteiger charge is -2.31. The summed E-state index contributed by atoms with van der Waals surface area (Å²) in [6.45, 7) is 3.92. The number of nitrogens with one attached hydrogen (secondary N) is 1. The van der Waals surface area contributed by atoms with Gasteiger partial charge in [-0.15, -0.1) is 0 Å². The first-order valence-corrected chi connectivity index (χ1v) is 8.08. The summed E-state index contributed by atoms with van der Waals surface area (Å²) in [4.78, 5) is 26.2. The maximum absolute atomic E-state index is 11.1. The van der Waals surface area contributed by atoms with Crippen LogP contribution in [0.5, 0.6) is 0 Å². The van der Waals surface area contributed by atoms with Crippen molar-refractivity contribution in [2.45, 2.75) is 26.3 Å². The zero-order valence-corrected chi connectivity index (χ0v) is 13.6. The molecule has 2 aromatic rings. The molecule has 0 unspecified atom stereocenters. The fourth-order valence-corrected chi connectivity index (χ4v) is 2.86. The smallest absolute Gasteiger partial charge is 0.306 e. The van der Waals surface area contributed by atoms with E-state index in [-0.39, 0.29) is 5.92 Å². The van der Waals surface area contributed by atoms with Crippen LogP contribution in [0.15, 0.2) is 30.6 Å². The van der Waals surface area contributed by atoms with Crippen LogP contribution in [0.1, 0.15) is 24.2 Å². The molecule has 2 aromatic heterocycles. The van der Waals surface area contributed by atoms with Crippen molar-refractivity contribution in [2.75, 3.05) is 23.3 Å². The molecule has 1 aliphatic heterocycles. The summed E-state index contributed by atoms with van der Waals surface area (Å²) in [6.07, 6.45) is 4.86. The van der Waals surface area contributed by atoms with Gasteiger partial charge in [0, 0.05) is 38.1 Å². The van der Waals surface area contributed by atoms with Crippen LogP contribution in [0.3, 0.4) is 0 Å². The molecule has 0 saturated carbocycles. The van der Waals surface area contributed by atoms with Crippen molar-refractivity contribution < 1.29 is 9.90 Å². The summed E-state index contributed by atoms with van der Waals surface area (Å²) < 4.78 is 0. The number of hydrogen-bond donors (Lipinski definition) is 2. The van der Waals surface area contributed by atoms with E-state index in [4.69, 9.17) is 5.11 Å². The molecular formula is C17H21N5O2. The van der Waals surface area contributed by atoms with E-state index in [0.717, 1.165) is 17.2 Å². The highest BCUT2D eigenvalue weighted by Crippen LogP contribution is 2.23. The molecular weight excluding hydrogens is 306 g/mol. The number of nitrogens with zero attached hydrogens (tertiary/aromatic N) is 4. The number of aromatic nitrogens is 3. The van der Waals surface area contributed by atoms with Crippen molar-refractivity contribution in [2.24, 2.45) is 5.92 Å². The van der Waals surface area contributed by atoms with Gasteiger partial charge in [-0.3, -0.25) is 9.78 Å². The molecule has 2 N–H and O–H groups in total. The second-order valence-electron chi connectivity index (χ2n) is 5.97. The Morgan fingerprint density at radius 2 is 2.17 bits per heavy atom. The second kappa shape index (κ2) is 7.25. The minimum Gasteiger partial charge on any atom is -0.481 e. The first kappa shape index (κ1) is 16.2. The molecule has 0 amide bonds. The molecule has 0 radical (unpaired) electrons. The number of carboxylic acid groups (broad SMARTS) is 1. The Labute approximate surface area is 140 Å². The van der Waals surface area contributed by atoms with Crippen molar-refractivity contribution in [3.8, 4) is 0 Å². The first-order valence-electron chi connectivity index (χ1n) is 8.08. The summed E-state index contributed by atoms with van der Waals surface area (Å²) in [6, 6.07) is 5.83. The highest BCUT2D eigenvalue weighted by molar-refractivity contribution is 5.70. The van der Waals surface area contributed by atoms with Crippen LogP contribution in [0.2, 0.25) is 0 Å². The molecule has 24 heavy (non-hydrogen) atoms. The average molecular weight is 327 g/mol. The topological polar surface area (TPSA) is 91.2 Å². The minimum atomic E-state index is -0.702. The number of rotatable bonds is 5. The molecule has 0 bridgehead atoms. The second-order valence-corrected chi connectivity index (χ2v) is 5.97. The van der Waals surface area contributed by atoms with E-state index in [1.54, 1.807) is 6.20 Å². The van der Waals surface area contributed by atoms with Crippen LogP contribution in [0.25, 0.3) is 0 Å². The monoisotopic (exact) mass is 327 g/mol. The number of aryl methyl sites for hydroxylation is 1. The van der Waals surface area contributed by atoms with E-state index in [1.165, 1.54) is 0 Å². The fourth-order valence-electron chi connectivity index (χ4n) is 2.86. The summed E-state index contributed by atoms with van der Waals surface area (Å²) in [7, 11) is 0. The molecule has 0 spiro atoms. The summed E-state index contributed by atoms with van der Waals surface area (Å²) >= 11 is 0. The van der Waals surface area contributed by atoms with Crippen molar-refractivity contribution >= 4 is 17.6 Å². The van der Waals surface area contributed by atoms with Gasteiger partial charge in [0.05, 0.1) is 5.92 Å². The van der Waals surface area contributed by atoms with Crippen LogP contribution >= 0.6 is 0 Å². The van der Waals surface area contributed by atoms with Crippen LogP contribution < -0.4 is 10.2 Å². The van der Waals surface area contributed by atoms with Gasteiger partial charge in [-0.05, 0) is 31.4 Å². The van der Waals surface area contributed by atoms with E-state index in [2.05, 4.69) is 25.2 Å². The van der Waals surface area contributed by atoms with Crippen molar-refractivity contribution in [3.63, 3.8) is 0 Å². The Bertz CT molecular complexity index is 699. The third kappa shape index (κ3) is 3.98. The normalized spacial score (nSPS) is 15.3. The third-order valence-electron chi connectivity index (χ3n) is 4.19. The lowest BCUT2D eigenvalue weighted by Crippen LogP contribution is -2.36. The molecule has 1 aliphatic rings. The van der Waals surface area contributed by atoms with Gasteiger partial charge in [-0.1, -0.05) is 6.07 Å². The summed E-state index contributed by atoms with van der Waals surface area (Å²) in [5, 5.41) is 12.4. The zero-order valence-electron chi connectivity index (χ0n) is 13.6. The maximum Gasteiger partial charge on any atom is 0.306 e. The molecule has 1 saturated heterocycles. The molecule has 7 heteroatoms. The molecule has 3 rings (SSSR count). The van der Waals surface area contributed by atoms with Crippen LogP contribution in [-0.4, -0.2) is 39.1 Å². The first-order chi connectivity index (χ1) is 11.6. The number of anilines is 2. The Morgan fingerprint density at radius 3 is 2.83 bits per heavy atom. The van der Waals surface area contributed by atoms with E-state index >= 15 is 0 Å². The molecule has 0 aliphatic carbocycles. The third-order valence-corrected chi connectivity index (χ3v) is 4.19. The molecule has 126 valence electrons. The predicted molar refractivity (Wildman–Crippen MR) is 90.9 cm³/mol. The molecule has 7 nitrogen and oxygen atoms in total. The molecule has 1 fully saturated rings. The predicted octanol–water partition coefficient (Wildman–Crippen LogP) is 2.09. The van der Waals surface area contributed by atoms with Gasteiger partial charge in [-0.25, -0.2) is 9.97 Å². The van der Waals surface area contributed by atoms with Crippen LogP contribution in [0, 0.1) is 12.8 Å². The number of carboxylic acids is 1. The fraction of sp³-hybridized carbons (Fsp3) is 0.412. The highest BCUT2D eigenvalue weighted by Gasteiger charge is 2.25. The summed E-state index contributed by atoms with van der Waals surface area (Å²) in [5.74, 6) is 1.36. The largest absolute Gasteiger partial charge is 0.481 e. The molecule has 0 aromatic carbocycles. The van der Waals surface area contributed by atoms with E-state index in [9.17, 15) is 4.79 Å². The lowest BCUT2D eigenvalue weighted by atomic mass is 9.97. The molecule has 3 heterocycles. The van der Waals surface area contributed by atoms with Crippen molar-refractivity contribution in [3.05, 3.63) is 42.0 Å². The van der Waals surface area contributed by atoms with Gasteiger partial charge >= 0.3 is 5.97 Å². The van der Waals surface area contributed by atoms with Gasteiger partial charge in [0.15, 0.2) is 0 Å². The van der Waals surface area contributed by atoms with Gasteiger partial charge in [-0.2, -0.15) is 0 Å². The van der Waals surface area contributed by atoms with Gasteiger partial charge in [0.25, 0.3) is 0 Å². The van der Waals surface area contributed by atoms with Crippen LogP contribution in [0.4, 0.5) is 11.6 Å². The van der Waals surface area contributed by atoms with E-state index < -0.39 is 5.97 Å². The quantitative estimate of drug-likeness (QED) is 0.869. The SMILES string of the molecule is Cc1nc(NCc2cccnc2)cc(N2CCC(C(=O)O)CC2)n1. The summed E-state index contributed by atoms with van der Waals surface area (Å²) in [5.41, 5.74) is 1.08. The van der Waals surface area contributed by atoms with E-state index in [0.29, 0.717) is 38.3 Å². The van der Waals surface area contributed by atoms with Gasteiger partial charge in [0.1, 0.15) is 17.5 Å². The lowest BCUT2D eigenvalue weighted by molar-refractivity contribution is -0.142. The number of pyridine rings is 1. The Hall–Kier alpha value is -2.70. The number of aliphatic carboxylic acids is 1. The van der Waals surface area contributed by atoms with Crippen LogP contribution in [-0.2, 0) is 11.3 Å². The van der Waals surface area contributed by atoms with Gasteiger partial charge < -0.3 is 15.3 Å². The Kier molecular flexibility index (Phi) is 4.88. The zero-order chi connectivity index (χ0) is 16.9. The molecule has 0 atom stereocenters. The van der Waals surface area contributed by atoms with Gasteiger partial charge in [0.2, 0.25) is 0 Å². The van der Waals surface area contributed by atoms with Crippen molar-refractivity contribution in [1.82, 2.24) is 15.0 Å². The average Bonchev–Trinajstić information content (AvgIpc) is 2.60. The number of piperidine rings is 1. The van der Waals surface area contributed by atoms with E-state index in [1.807, 2.05) is 31.3 Å². The minimum absolute atomic E-state index is 0.243. The standard InChI is InChI=1S/C17H21N5O2/c1-12-20-15(19-11-13-3-2-6-18-10-13)9-16(21-12)22-7-4-14(5-8-22)17(23)24/h2-3,6,9-10,14H,4-5,7-8,11H2,1H3,(H,23,24)(H,19,20,21). The maximum atomic E-state index is 11.1. The Balaban J connectivity index is 1.67. The number of carbonyl (C=O) groups is 1. The number of hydrogen-bond acceptors (Lipinski definition) is 6. The Morgan fingerprint density at radius 1 is 1.38 bits per heavy atom. The highest BCUT2D eigenvalue weighted by atomic mass is 16.4. The van der Waals surface area contributed by atoms with Crippen molar-refractivity contribution in [1.29, 1.82) is 0 Å².